The van der Waals surface area contributed by atoms with Crippen molar-refractivity contribution in [3.8, 4) is 0 Å². The molecule has 0 unspecified atom stereocenters. The molecule has 2 rings (SSSR count). The van der Waals surface area contributed by atoms with E-state index in [9.17, 15) is 8.78 Å². The van der Waals surface area contributed by atoms with Crippen molar-refractivity contribution in [1.82, 2.24) is 14.8 Å². The van der Waals surface area contributed by atoms with Gasteiger partial charge in [0, 0.05) is 19.2 Å². The first-order valence-corrected chi connectivity index (χ1v) is 5.42. The number of hydrogen-bond donors (Lipinski definition) is 2. The number of hydrogen-bond acceptors (Lipinski definition) is 3. The first-order valence-electron chi connectivity index (χ1n) is 5.42. The molecule has 0 amide bonds. The Morgan fingerprint density at radius 3 is 2.89 bits per heavy atom. The van der Waals surface area contributed by atoms with Crippen LogP contribution < -0.4 is 5.73 Å². The summed E-state index contributed by atoms with van der Waals surface area (Å²) in [5.74, 6) is -2.96. The van der Waals surface area contributed by atoms with Crippen molar-refractivity contribution in [3.63, 3.8) is 0 Å². The molecule has 2 aromatic heterocycles. The van der Waals surface area contributed by atoms with E-state index < -0.39 is 5.92 Å². The zero-order valence-corrected chi connectivity index (χ0v) is 9.82. The van der Waals surface area contributed by atoms with Crippen molar-refractivity contribution in [1.29, 1.82) is 5.41 Å². The molecule has 96 valence electrons. The van der Waals surface area contributed by atoms with Gasteiger partial charge in [0.1, 0.15) is 11.5 Å². The van der Waals surface area contributed by atoms with Gasteiger partial charge in [-0.15, -0.1) is 0 Å². The van der Waals surface area contributed by atoms with Gasteiger partial charge in [0.25, 0.3) is 0 Å². The van der Waals surface area contributed by atoms with Crippen LogP contribution in [0.5, 0.6) is 0 Å². The standard InChI is InChI=1S/C11H13F2N5/c1-11(12,13)4-6-18-10-7(3-2-5-16-10)8(17-18)9(14)15/h2-3,5H,4,6H2,1H3,(H3,14,15). The number of nitrogens with one attached hydrogen (secondary N) is 1. The summed E-state index contributed by atoms with van der Waals surface area (Å²) in [5, 5.41) is 12.1. The number of aryl methyl sites for hydroxylation is 1. The van der Waals surface area contributed by atoms with E-state index >= 15 is 0 Å². The second kappa shape index (κ2) is 4.32. The van der Waals surface area contributed by atoms with Crippen LogP contribution in [-0.2, 0) is 6.54 Å². The lowest BCUT2D eigenvalue weighted by Gasteiger charge is -2.09. The molecule has 2 heterocycles. The summed E-state index contributed by atoms with van der Waals surface area (Å²) in [5.41, 5.74) is 6.15. The van der Waals surface area contributed by atoms with E-state index in [2.05, 4.69) is 10.1 Å². The first kappa shape index (κ1) is 12.4. The second-order valence-corrected chi connectivity index (χ2v) is 4.18. The minimum atomic E-state index is -2.76. The van der Waals surface area contributed by atoms with E-state index in [1.165, 1.54) is 4.68 Å². The lowest BCUT2D eigenvalue weighted by molar-refractivity contribution is 0.00809. The van der Waals surface area contributed by atoms with Crippen LogP contribution in [0.25, 0.3) is 11.0 Å². The SMILES string of the molecule is CC(F)(F)CCn1nc(C(=N)N)c2cccnc21. The second-order valence-electron chi connectivity index (χ2n) is 4.18. The minimum Gasteiger partial charge on any atom is -0.382 e. The van der Waals surface area contributed by atoms with E-state index in [1.807, 2.05) is 0 Å². The van der Waals surface area contributed by atoms with Crippen molar-refractivity contribution in [2.45, 2.75) is 25.8 Å². The third kappa shape index (κ3) is 2.44. The number of aromatic nitrogens is 3. The van der Waals surface area contributed by atoms with E-state index in [0.29, 0.717) is 11.0 Å². The molecule has 0 saturated heterocycles. The van der Waals surface area contributed by atoms with Gasteiger partial charge in [0.05, 0.1) is 5.39 Å². The van der Waals surface area contributed by atoms with Crippen LogP contribution in [0.15, 0.2) is 18.3 Å². The lowest BCUT2D eigenvalue weighted by Crippen LogP contribution is -2.16. The third-order valence-corrected chi connectivity index (χ3v) is 2.52. The molecule has 5 nitrogen and oxygen atoms in total. The molecule has 0 radical (unpaired) electrons. The Labute approximate surface area is 102 Å². The lowest BCUT2D eigenvalue weighted by atomic mass is 10.2. The highest BCUT2D eigenvalue weighted by atomic mass is 19.3. The number of amidine groups is 1. The molecule has 0 aliphatic carbocycles. The average Bonchev–Trinajstić information content (AvgIpc) is 2.64. The van der Waals surface area contributed by atoms with E-state index in [4.69, 9.17) is 11.1 Å². The number of nitrogens with zero attached hydrogens (tertiary/aromatic N) is 3. The maximum Gasteiger partial charge on any atom is 0.247 e. The molecule has 0 bridgehead atoms. The topological polar surface area (TPSA) is 80.6 Å². The van der Waals surface area contributed by atoms with Gasteiger partial charge in [0.15, 0.2) is 5.65 Å². The predicted octanol–water partition coefficient (Wildman–Crippen LogP) is 1.76. The quantitative estimate of drug-likeness (QED) is 0.643. The number of nitrogens with two attached hydrogens (primary N) is 1. The highest BCUT2D eigenvalue weighted by molar-refractivity contribution is 6.04. The summed E-state index contributed by atoms with van der Waals surface area (Å²) in [7, 11) is 0. The Balaban J connectivity index is 2.42. The predicted molar refractivity (Wildman–Crippen MR) is 63.8 cm³/mol. The van der Waals surface area contributed by atoms with Gasteiger partial charge in [-0.2, -0.15) is 5.10 Å². The molecule has 0 atom stereocenters. The van der Waals surface area contributed by atoms with Gasteiger partial charge in [-0.25, -0.2) is 18.4 Å². The van der Waals surface area contributed by atoms with Crippen LogP contribution in [0, 0.1) is 5.41 Å². The van der Waals surface area contributed by atoms with Gasteiger partial charge >= 0.3 is 0 Å². The number of rotatable bonds is 4. The maximum absolute atomic E-state index is 12.8. The molecule has 3 N–H and O–H groups in total. The Kier molecular flexibility index (Phi) is 2.98. The van der Waals surface area contributed by atoms with Gasteiger partial charge in [-0.05, 0) is 19.1 Å². The zero-order chi connectivity index (χ0) is 13.3. The van der Waals surface area contributed by atoms with Gasteiger partial charge in [0.2, 0.25) is 5.92 Å². The van der Waals surface area contributed by atoms with Crippen molar-refractivity contribution >= 4 is 16.9 Å². The normalized spacial score (nSPS) is 11.9. The Hall–Kier alpha value is -2.05. The molecule has 0 aromatic carbocycles. The van der Waals surface area contributed by atoms with Crippen LogP contribution in [0.4, 0.5) is 8.78 Å². The Bertz CT molecular complexity index is 585. The van der Waals surface area contributed by atoms with Crippen LogP contribution >= 0.6 is 0 Å². The first-order chi connectivity index (χ1) is 8.38. The van der Waals surface area contributed by atoms with Crippen molar-refractivity contribution in [2.75, 3.05) is 0 Å². The summed E-state index contributed by atoms with van der Waals surface area (Å²) in [6, 6.07) is 3.40. The summed E-state index contributed by atoms with van der Waals surface area (Å²) >= 11 is 0. The fourth-order valence-corrected chi connectivity index (χ4v) is 1.67. The molecule has 7 heteroatoms. The fourth-order valence-electron chi connectivity index (χ4n) is 1.67. The summed E-state index contributed by atoms with van der Waals surface area (Å²) in [6.45, 7) is 0.891. The molecule has 0 spiro atoms. The van der Waals surface area contributed by atoms with Gasteiger partial charge < -0.3 is 5.73 Å². The molecular weight excluding hydrogens is 240 g/mol. The Morgan fingerprint density at radius 2 is 2.28 bits per heavy atom. The summed E-state index contributed by atoms with van der Waals surface area (Å²) < 4.78 is 27.1. The molecule has 2 aromatic rings. The van der Waals surface area contributed by atoms with Crippen LogP contribution in [0.2, 0.25) is 0 Å². The third-order valence-electron chi connectivity index (χ3n) is 2.52. The number of halogens is 2. The van der Waals surface area contributed by atoms with E-state index in [1.54, 1.807) is 18.3 Å². The van der Waals surface area contributed by atoms with Crippen LogP contribution in [-0.4, -0.2) is 26.5 Å². The monoisotopic (exact) mass is 253 g/mol. The van der Waals surface area contributed by atoms with E-state index in [0.717, 1.165) is 6.92 Å². The van der Waals surface area contributed by atoms with Crippen LogP contribution in [0.3, 0.4) is 0 Å². The number of fused-ring (bicyclic) bond motifs is 1. The van der Waals surface area contributed by atoms with Gasteiger partial charge in [-0.1, -0.05) is 0 Å². The highest BCUT2D eigenvalue weighted by Gasteiger charge is 2.22. The fraction of sp³-hybridized carbons (Fsp3) is 0.364. The average molecular weight is 253 g/mol. The number of alkyl halides is 2. The molecule has 0 aliphatic rings. The van der Waals surface area contributed by atoms with Gasteiger partial charge in [-0.3, -0.25) is 5.41 Å². The van der Waals surface area contributed by atoms with Crippen LogP contribution in [0.1, 0.15) is 19.0 Å². The molecule has 0 fully saturated rings. The molecule has 0 saturated carbocycles. The Morgan fingerprint density at radius 1 is 1.56 bits per heavy atom. The van der Waals surface area contributed by atoms with Crippen molar-refractivity contribution in [2.24, 2.45) is 5.73 Å². The minimum absolute atomic E-state index is 0.0320. The summed E-state index contributed by atoms with van der Waals surface area (Å²) in [4.78, 5) is 4.09. The highest BCUT2D eigenvalue weighted by Crippen LogP contribution is 2.20. The van der Waals surface area contributed by atoms with Crippen molar-refractivity contribution in [3.05, 3.63) is 24.0 Å². The molecule has 0 aliphatic heterocycles. The summed E-state index contributed by atoms with van der Waals surface area (Å²) in [6.07, 6.45) is 1.21. The molecular formula is C11H13F2N5. The van der Waals surface area contributed by atoms with E-state index in [-0.39, 0.29) is 24.5 Å². The number of pyridine rings is 1. The largest absolute Gasteiger partial charge is 0.382 e. The molecule has 18 heavy (non-hydrogen) atoms. The zero-order valence-electron chi connectivity index (χ0n) is 9.82. The maximum atomic E-state index is 12.8. The smallest absolute Gasteiger partial charge is 0.247 e. The van der Waals surface area contributed by atoms with Crippen molar-refractivity contribution < 1.29 is 8.78 Å². The number of nitrogen functional groups attached to an aromatic ring is 1.